The van der Waals surface area contributed by atoms with E-state index < -0.39 is 46.7 Å². The van der Waals surface area contributed by atoms with E-state index in [1.165, 1.54) is 13.2 Å². The van der Waals surface area contributed by atoms with Crippen LogP contribution in [0.15, 0.2) is 140 Å². The molecule has 0 aromatic heterocycles. The molecule has 0 aliphatic carbocycles. The number of rotatable bonds is 22. The number of nitrogen functional groups attached to an aromatic ring is 4. The fourth-order valence-electron chi connectivity index (χ4n) is 9.53. The number of sulfonamides is 1. The van der Waals surface area contributed by atoms with Crippen molar-refractivity contribution in [2.24, 2.45) is 22.9 Å². The number of benzene rings is 5. The van der Waals surface area contributed by atoms with Gasteiger partial charge in [0.2, 0.25) is 21.8 Å². The van der Waals surface area contributed by atoms with E-state index in [1.807, 2.05) is 36.4 Å². The lowest BCUT2D eigenvalue weighted by atomic mass is 10.1. The highest BCUT2D eigenvalue weighted by atomic mass is 32.2. The number of hydrogen-bond acceptors (Lipinski definition) is 20. The number of ether oxygens (including phenoxy) is 6. The first-order chi connectivity index (χ1) is 42.9. The van der Waals surface area contributed by atoms with Gasteiger partial charge >= 0.3 is 17.9 Å². The summed E-state index contributed by atoms with van der Waals surface area (Å²) in [6.07, 6.45) is 3.31. The minimum atomic E-state index is -3.60. The topological polar surface area (TPSA) is 458 Å². The van der Waals surface area contributed by atoms with Gasteiger partial charge in [0, 0.05) is 73.3 Å². The molecule has 90 heavy (non-hydrogen) atoms. The summed E-state index contributed by atoms with van der Waals surface area (Å²) in [6.45, 7) is 4.77. The number of carbonyl (C=O) groups is 5. The van der Waals surface area contributed by atoms with Gasteiger partial charge in [-0.1, -0.05) is 79.4 Å². The molecule has 0 saturated carbocycles. The predicted octanol–water partition coefficient (Wildman–Crippen LogP) is 1.73. The minimum Gasteiger partial charge on any atom is -0.489 e. The highest BCUT2D eigenvalue weighted by Gasteiger charge is 2.44. The van der Waals surface area contributed by atoms with Gasteiger partial charge in [0.25, 0.3) is 0 Å². The maximum Gasteiger partial charge on any atom is 0.324 e. The number of nitrogens with zero attached hydrogens (tertiary/aromatic N) is 1. The Hall–Kier alpha value is -9.94. The normalized spacial score (nSPS) is 20.6. The first kappa shape index (κ1) is 69.2. The van der Waals surface area contributed by atoms with E-state index in [4.69, 9.17) is 73.4 Å². The molecule has 4 fully saturated rings. The number of methoxy groups -OCH3 is 1. The Morgan fingerprint density at radius 3 is 1.38 bits per heavy atom. The van der Waals surface area contributed by atoms with Gasteiger partial charge in [-0.15, -0.1) is 0 Å². The van der Waals surface area contributed by atoms with Crippen molar-refractivity contribution in [3.05, 3.63) is 162 Å². The number of esters is 2. The van der Waals surface area contributed by atoms with Crippen molar-refractivity contribution >= 4 is 68.8 Å². The van der Waals surface area contributed by atoms with Crippen molar-refractivity contribution < 1.29 is 65.9 Å². The number of amides is 2. The van der Waals surface area contributed by atoms with Gasteiger partial charge in [-0.2, -0.15) is 4.31 Å². The molecule has 8 atom stereocenters. The van der Waals surface area contributed by atoms with Crippen LogP contribution < -0.4 is 68.5 Å². The number of nitrogens with one attached hydrogen (secondary N) is 9. The van der Waals surface area contributed by atoms with Crippen molar-refractivity contribution in [3.8, 4) is 23.0 Å². The second-order valence-electron chi connectivity index (χ2n) is 20.8. The molecule has 4 aliphatic rings. The van der Waals surface area contributed by atoms with Gasteiger partial charge in [-0.25, -0.2) is 8.42 Å². The van der Waals surface area contributed by atoms with Crippen LogP contribution in [0.5, 0.6) is 23.0 Å². The predicted molar refractivity (Wildman–Crippen MR) is 336 cm³/mol. The van der Waals surface area contributed by atoms with Gasteiger partial charge in [0.05, 0.1) is 32.0 Å². The van der Waals surface area contributed by atoms with Gasteiger partial charge in [-0.3, -0.25) is 45.6 Å². The van der Waals surface area contributed by atoms with Gasteiger partial charge < -0.3 is 83.0 Å². The molecular weight excluding hydrogens is 1180 g/mol. The number of aliphatic carboxylic acids is 1. The number of carboxylic acids is 1. The Kier molecular flexibility index (Phi) is 25.7. The van der Waals surface area contributed by atoms with Crippen LogP contribution >= 0.6 is 0 Å². The lowest BCUT2D eigenvalue weighted by Crippen LogP contribution is -2.42. The van der Waals surface area contributed by atoms with Crippen molar-refractivity contribution in [2.45, 2.75) is 74.3 Å². The molecule has 0 unspecified atom stereocenters. The molecule has 4 saturated heterocycles. The van der Waals surface area contributed by atoms with Crippen molar-refractivity contribution in [2.75, 3.05) is 58.0 Å². The van der Waals surface area contributed by atoms with Crippen LogP contribution in [-0.2, 0) is 43.5 Å². The molecule has 480 valence electrons. The Bertz CT molecular complexity index is 3490. The standard InChI is InChI=1S/C18H20N4O2.C16H21N3O5S.C14H18N4O4.C13H17N3O3/c19-17(20)12-5-4-8-14(9-12)24-15-10-16(21-11-15)18(23)22-13-6-2-1-3-7-13;1-3-7-23-16(20)14-9-13(10-19(14)25(2,21)22)24-12-6-4-5-11(8-12)15(17)18;15-13(16)8-2-1-3-9(4-8)22-10-5-11(17-6-10)14(21)18-7-12(19)20;1-18-13(17)11-6-10(7-16-11)19-9-4-2-3-8(5-9)12(14)15/h1-9,15-16,21H,10-11H2,(H3,19,20)(H,22,23);3-6,8,13-14H,1,7,9-10H2,2H3,(H3,17,18);1-4,10-11,17H,5-7H2,(H3,15,16)(H,18,21)(H,19,20);2-5,10-11,16H,6-7H2,1H3,(H3,14,15)/t15-,16+;13-,14+;2*10-,11+/m1111/s1. The zero-order valence-electron chi connectivity index (χ0n) is 49.5. The smallest absolute Gasteiger partial charge is 0.324 e. The zero-order valence-corrected chi connectivity index (χ0v) is 50.3. The summed E-state index contributed by atoms with van der Waals surface area (Å²) < 4.78 is 57.9. The average Bonchev–Trinajstić information content (AvgIpc) is 2.09. The number of carbonyl (C=O) groups excluding carboxylic acids is 4. The highest BCUT2D eigenvalue weighted by molar-refractivity contribution is 7.88. The van der Waals surface area contributed by atoms with Crippen LogP contribution in [0, 0.1) is 21.6 Å². The Morgan fingerprint density at radius 2 is 0.989 bits per heavy atom. The molecule has 5 aromatic carbocycles. The number of carboxylic acid groups (broad SMARTS) is 1. The fourth-order valence-corrected chi connectivity index (χ4v) is 10.6. The van der Waals surface area contributed by atoms with Crippen LogP contribution in [0.3, 0.4) is 0 Å². The number of nitrogens with two attached hydrogens (primary N) is 4. The van der Waals surface area contributed by atoms with Crippen LogP contribution in [-0.4, -0.2) is 172 Å². The highest BCUT2D eigenvalue weighted by Crippen LogP contribution is 2.28. The zero-order chi connectivity index (χ0) is 65.5. The molecule has 28 nitrogen and oxygen atoms in total. The molecule has 2 amide bonds. The molecule has 0 spiro atoms. The SMILES string of the molecule is C=CCOC(=O)[C@@H]1C[C@@H](Oc2cccc(C(=N)N)c2)CN1S(C)(=O)=O.COC(=O)[C@@H]1C[C@@H](Oc2cccc(C(=N)N)c2)CN1.N=C(N)c1cccc(O[C@H]2CN[C@H](C(=O)NCC(=O)O)C2)c1.N=C(N)c1cccc(O[C@H]2CN[C@H](C(=O)Nc3ccccc3)C2)c1. The van der Waals surface area contributed by atoms with E-state index in [-0.39, 0.29) is 91.1 Å². The molecule has 0 radical (unpaired) electrons. The first-order valence-corrected chi connectivity index (χ1v) is 30.1. The number of anilines is 1. The summed E-state index contributed by atoms with van der Waals surface area (Å²) in [5.41, 5.74) is 24.9. The van der Waals surface area contributed by atoms with Crippen LogP contribution in [0.2, 0.25) is 0 Å². The summed E-state index contributed by atoms with van der Waals surface area (Å²) >= 11 is 0. The monoisotopic (exact) mass is 1260 g/mol. The van der Waals surface area contributed by atoms with E-state index in [1.54, 1.807) is 91.0 Å². The molecule has 5 aromatic rings. The molecule has 4 heterocycles. The average molecular weight is 1260 g/mol. The van der Waals surface area contributed by atoms with Crippen molar-refractivity contribution in [3.63, 3.8) is 0 Å². The Morgan fingerprint density at radius 1 is 0.589 bits per heavy atom. The first-order valence-electron chi connectivity index (χ1n) is 28.2. The van der Waals surface area contributed by atoms with Crippen LogP contribution in [0.1, 0.15) is 47.9 Å². The van der Waals surface area contributed by atoms with E-state index in [0.29, 0.717) is 84.1 Å². The molecule has 0 bridgehead atoms. The van der Waals surface area contributed by atoms with E-state index in [9.17, 15) is 32.4 Å². The summed E-state index contributed by atoms with van der Waals surface area (Å²) in [5.74, 6) is -0.219. The van der Waals surface area contributed by atoms with E-state index in [2.05, 4.69) is 37.9 Å². The van der Waals surface area contributed by atoms with Gasteiger partial charge in [-0.05, 0) is 60.7 Å². The van der Waals surface area contributed by atoms with Gasteiger partial charge in [0.1, 0.15) is 96.0 Å². The molecule has 9 rings (SSSR count). The largest absolute Gasteiger partial charge is 0.489 e. The maximum absolute atomic E-state index is 12.3. The van der Waals surface area contributed by atoms with E-state index >= 15 is 0 Å². The molecule has 29 heteroatoms. The fraction of sp³-hybridized carbons (Fsp3) is 0.328. The minimum absolute atomic E-state index is 0.00225. The van der Waals surface area contributed by atoms with Crippen molar-refractivity contribution in [1.29, 1.82) is 21.6 Å². The second kappa shape index (κ2) is 33.4. The summed E-state index contributed by atoms with van der Waals surface area (Å²) in [5, 5.41) is 52.7. The quantitative estimate of drug-likeness (QED) is 0.0203. The van der Waals surface area contributed by atoms with Crippen molar-refractivity contribution in [1.82, 2.24) is 25.6 Å². The van der Waals surface area contributed by atoms with E-state index in [0.717, 1.165) is 16.2 Å². The Balaban J connectivity index is 0.000000192. The van der Waals surface area contributed by atoms with Gasteiger partial charge in [0.15, 0.2) is 0 Å². The molecule has 18 N–H and O–H groups in total. The lowest BCUT2D eigenvalue weighted by Gasteiger charge is -2.19. The number of para-hydroxylation sites is 1. The number of amidine groups is 4. The Labute approximate surface area is 520 Å². The third kappa shape index (κ3) is 21.7. The third-order valence-electron chi connectivity index (χ3n) is 13.9. The maximum atomic E-state index is 12.3. The number of hydrogen-bond donors (Lipinski definition) is 14. The summed E-state index contributed by atoms with van der Waals surface area (Å²) in [4.78, 5) is 58.0. The summed E-state index contributed by atoms with van der Waals surface area (Å²) in [7, 11) is -2.23. The molecule has 4 aliphatic heterocycles. The van der Waals surface area contributed by atoms with Crippen LogP contribution in [0.25, 0.3) is 0 Å². The third-order valence-corrected chi connectivity index (χ3v) is 15.2. The van der Waals surface area contributed by atoms with Crippen LogP contribution in [0.4, 0.5) is 5.69 Å². The summed E-state index contributed by atoms with van der Waals surface area (Å²) in [6, 6.07) is 35.0. The lowest BCUT2D eigenvalue weighted by molar-refractivity contribution is -0.146. The molecular formula is C61H76N14O14S. The second-order valence-corrected chi connectivity index (χ2v) is 22.7.